The Morgan fingerprint density at radius 2 is 1.71 bits per heavy atom. The molecule has 0 radical (unpaired) electrons. The molecule has 76 valence electrons. The molecule has 0 heterocycles. The summed E-state index contributed by atoms with van der Waals surface area (Å²) >= 11 is 0. The van der Waals surface area contributed by atoms with Crippen molar-refractivity contribution in [3.63, 3.8) is 0 Å². The van der Waals surface area contributed by atoms with E-state index in [2.05, 4.69) is 32.0 Å². The van der Waals surface area contributed by atoms with Crippen LogP contribution in [-0.4, -0.2) is 6.29 Å². The van der Waals surface area contributed by atoms with E-state index in [-0.39, 0.29) is 5.92 Å². The second kappa shape index (κ2) is 4.94. The standard InChI is InChI=1S/C13H18O/c1-4-11-7-6-8-12(5-2)13(11)10(3)9-14/h6-10H,4-5H2,1-3H3. The molecule has 0 bridgehead atoms. The highest BCUT2D eigenvalue weighted by atomic mass is 16.1. The van der Waals surface area contributed by atoms with Gasteiger partial charge in [0.25, 0.3) is 0 Å². The maximum Gasteiger partial charge on any atom is 0.127 e. The molecule has 1 aromatic carbocycles. The first-order valence-electron chi connectivity index (χ1n) is 5.30. The molecule has 0 saturated carbocycles. The molecule has 0 amide bonds. The quantitative estimate of drug-likeness (QED) is 0.667. The highest BCUT2D eigenvalue weighted by molar-refractivity contribution is 5.64. The lowest BCUT2D eigenvalue weighted by molar-refractivity contribution is -0.108. The molecule has 1 unspecified atom stereocenters. The average molecular weight is 190 g/mol. The zero-order valence-corrected chi connectivity index (χ0v) is 9.21. The molecule has 0 fully saturated rings. The van der Waals surface area contributed by atoms with Gasteiger partial charge in [-0.15, -0.1) is 0 Å². The van der Waals surface area contributed by atoms with E-state index in [1.165, 1.54) is 16.7 Å². The van der Waals surface area contributed by atoms with Crippen LogP contribution >= 0.6 is 0 Å². The summed E-state index contributed by atoms with van der Waals surface area (Å²) in [5, 5.41) is 0. The summed E-state index contributed by atoms with van der Waals surface area (Å²) in [6.45, 7) is 6.24. The van der Waals surface area contributed by atoms with E-state index in [1.807, 2.05) is 6.92 Å². The van der Waals surface area contributed by atoms with E-state index >= 15 is 0 Å². The second-order valence-corrected chi connectivity index (χ2v) is 3.62. The number of benzene rings is 1. The van der Waals surface area contributed by atoms with Gasteiger partial charge in [0, 0.05) is 5.92 Å². The largest absolute Gasteiger partial charge is 0.303 e. The summed E-state index contributed by atoms with van der Waals surface area (Å²) in [5.74, 6) is 0.0288. The van der Waals surface area contributed by atoms with Gasteiger partial charge in [0.2, 0.25) is 0 Å². The van der Waals surface area contributed by atoms with Gasteiger partial charge in [-0.25, -0.2) is 0 Å². The van der Waals surface area contributed by atoms with Gasteiger partial charge in [-0.3, -0.25) is 0 Å². The summed E-state index contributed by atoms with van der Waals surface area (Å²) in [4.78, 5) is 10.8. The van der Waals surface area contributed by atoms with Crippen LogP contribution in [0, 0.1) is 0 Å². The van der Waals surface area contributed by atoms with Crippen LogP contribution in [-0.2, 0) is 17.6 Å². The molecule has 1 atom stereocenters. The van der Waals surface area contributed by atoms with Gasteiger partial charge in [-0.05, 0) is 29.5 Å². The van der Waals surface area contributed by atoms with E-state index < -0.39 is 0 Å². The monoisotopic (exact) mass is 190 g/mol. The number of aryl methyl sites for hydroxylation is 2. The van der Waals surface area contributed by atoms with E-state index in [4.69, 9.17) is 0 Å². The maximum atomic E-state index is 10.8. The smallest absolute Gasteiger partial charge is 0.127 e. The average Bonchev–Trinajstić information content (AvgIpc) is 2.26. The van der Waals surface area contributed by atoms with E-state index in [0.29, 0.717) is 0 Å². The lowest BCUT2D eigenvalue weighted by atomic mass is 9.89. The first kappa shape index (κ1) is 11.0. The fourth-order valence-electron chi connectivity index (χ4n) is 1.94. The normalized spacial score (nSPS) is 12.5. The van der Waals surface area contributed by atoms with Crippen molar-refractivity contribution >= 4 is 6.29 Å². The summed E-state index contributed by atoms with van der Waals surface area (Å²) in [7, 11) is 0. The number of hydrogen-bond acceptors (Lipinski definition) is 1. The van der Waals surface area contributed by atoms with Gasteiger partial charge in [-0.2, -0.15) is 0 Å². The Morgan fingerprint density at radius 1 is 1.21 bits per heavy atom. The van der Waals surface area contributed by atoms with Crippen molar-refractivity contribution in [2.45, 2.75) is 39.5 Å². The highest BCUT2D eigenvalue weighted by Crippen LogP contribution is 2.23. The molecule has 14 heavy (non-hydrogen) atoms. The Hall–Kier alpha value is -1.11. The van der Waals surface area contributed by atoms with Crippen molar-refractivity contribution in [1.82, 2.24) is 0 Å². The van der Waals surface area contributed by atoms with Crippen molar-refractivity contribution < 1.29 is 4.79 Å². The zero-order chi connectivity index (χ0) is 10.6. The minimum atomic E-state index is 0.0288. The SMILES string of the molecule is CCc1cccc(CC)c1C(C)C=O. The van der Waals surface area contributed by atoms with E-state index in [0.717, 1.165) is 19.1 Å². The Morgan fingerprint density at radius 3 is 2.07 bits per heavy atom. The van der Waals surface area contributed by atoms with Crippen LogP contribution < -0.4 is 0 Å². The molecule has 1 aromatic rings. The first-order chi connectivity index (χ1) is 6.74. The first-order valence-corrected chi connectivity index (χ1v) is 5.30. The topological polar surface area (TPSA) is 17.1 Å². The van der Waals surface area contributed by atoms with Gasteiger partial charge in [-0.1, -0.05) is 39.0 Å². The minimum absolute atomic E-state index is 0.0288. The third kappa shape index (κ3) is 2.03. The second-order valence-electron chi connectivity index (χ2n) is 3.62. The Bertz CT molecular complexity index is 293. The molecule has 0 spiro atoms. The van der Waals surface area contributed by atoms with Gasteiger partial charge < -0.3 is 4.79 Å². The van der Waals surface area contributed by atoms with Crippen LogP contribution in [0.3, 0.4) is 0 Å². The van der Waals surface area contributed by atoms with Crippen LogP contribution in [0.25, 0.3) is 0 Å². The van der Waals surface area contributed by atoms with Crippen LogP contribution in [0.4, 0.5) is 0 Å². The molecule has 1 nitrogen and oxygen atoms in total. The summed E-state index contributed by atoms with van der Waals surface area (Å²) in [6.07, 6.45) is 3.04. The molecular weight excluding hydrogens is 172 g/mol. The van der Waals surface area contributed by atoms with Crippen LogP contribution in [0.15, 0.2) is 18.2 Å². The van der Waals surface area contributed by atoms with E-state index in [9.17, 15) is 4.79 Å². The predicted octanol–water partition coefficient (Wildman–Crippen LogP) is 3.11. The number of carbonyl (C=O) groups excluding carboxylic acids is 1. The number of hydrogen-bond donors (Lipinski definition) is 0. The lowest BCUT2D eigenvalue weighted by Gasteiger charge is -2.15. The number of carbonyl (C=O) groups is 1. The fraction of sp³-hybridized carbons (Fsp3) is 0.462. The molecule has 0 aromatic heterocycles. The highest BCUT2D eigenvalue weighted by Gasteiger charge is 2.12. The molecule has 1 heteroatoms. The fourth-order valence-corrected chi connectivity index (χ4v) is 1.94. The molecular formula is C13H18O. The van der Waals surface area contributed by atoms with Gasteiger partial charge >= 0.3 is 0 Å². The summed E-state index contributed by atoms with van der Waals surface area (Å²) < 4.78 is 0. The zero-order valence-electron chi connectivity index (χ0n) is 9.21. The number of rotatable bonds is 4. The van der Waals surface area contributed by atoms with Crippen molar-refractivity contribution in [3.05, 3.63) is 34.9 Å². The number of aldehydes is 1. The van der Waals surface area contributed by atoms with Gasteiger partial charge in [0.05, 0.1) is 0 Å². The van der Waals surface area contributed by atoms with E-state index in [1.54, 1.807) is 0 Å². The Kier molecular flexibility index (Phi) is 3.87. The minimum Gasteiger partial charge on any atom is -0.303 e. The molecule has 0 aliphatic carbocycles. The molecule has 1 rings (SSSR count). The lowest BCUT2D eigenvalue weighted by Crippen LogP contribution is -2.04. The Balaban J connectivity index is 3.25. The van der Waals surface area contributed by atoms with Crippen LogP contribution in [0.1, 0.15) is 43.4 Å². The van der Waals surface area contributed by atoms with Crippen molar-refractivity contribution in [3.8, 4) is 0 Å². The maximum absolute atomic E-state index is 10.8. The predicted molar refractivity (Wildman–Crippen MR) is 59.7 cm³/mol. The molecule has 0 aliphatic rings. The molecule has 0 aliphatic heterocycles. The third-order valence-electron chi connectivity index (χ3n) is 2.71. The summed E-state index contributed by atoms with van der Waals surface area (Å²) in [5.41, 5.74) is 3.86. The van der Waals surface area contributed by atoms with Crippen molar-refractivity contribution in [2.75, 3.05) is 0 Å². The Labute approximate surface area is 86.1 Å². The third-order valence-corrected chi connectivity index (χ3v) is 2.71. The van der Waals surface area contributed by atoms with Gasteiger partial charge in [0.15, 0.2) is 0 Å². The molecule has 0 N–H and O–H groups in total. The van der Waals surface area contributed by atoms with Crippen molar-refractivity contribution in [1.29, 1.82) is 0 Å². The van der Waals surface area contributed by atoms with Crippen LogP contribution in [0.5, 0.6) is 0 Å². The summed E-state index contributed by atoms with van der Waals surface area (Å²) in [6, 6.07) is 6.32. The van der Waals surface area contributed by atoms with Crippen molar-refractivity contribution in [2.24, 2.45) is 0 Å². The molecule has 0 saturated heterocycles. The van der Waals surface area contributed by atoms with Gasteiger partial charge in [0.1, 0.15) is 6.29 Å². The van der Waals surface area contributed by atoms with Crippen LogP contribution in [0.2, 0.25) is 0 Å².